The number of nitrogens with one attached hydrogen (secondary N) is 1. The highest BCUT2D eigenvalue weighted by atomic mass is 35.5. The van der Waals surface area contributed by atoms with E-state index in [0.29, 0.717) is 28.6 Å². The van der Waals surface area contributed by atoms with Crippen molar-refractivity contribution in [1.82, 2.24) is 4.31 Å². The first-order chi connectivity index (χ1) is 12.3. The van der Waals surface area contributed by atoms with Crippen LogP contribution in [0.15, 0.2) is 34.5 Å². The molecular weight excluding hydrogens is 396 g/mol. The van der Waals surface area contributed by atoms with E-state index < -0.39 is 15.9 Å². The van der Waals surface area contributed by atoms with E-state index in [1.807, 2.05) is 6.92 Å². The zero-order valence-electron chi connectivity index (χ0n) is 14.1. The number of piperidine rings is 1. The molecule has 0 spiro atoms. The summed E-state index contributed by atoms with van der Waals surface area (Å²) < 4.78 is 27.2. The number of anilines is 1. The van der Waals surface area contributed by atoms with Crippen LogP contribution in [0.3, 0.4) is 0 Å². The summed E-state index contributed by atoms with van der Waals surface area (Å²) in [6.45, 7) is 2.37. The number of rotatable bonds is 4. The SMILES string of the molecule is Cc1ccc(S(=O)(=O)N2CCCC(C(=O)Nc3cc(Cl)ccc3O)C2)s1. The molecule has 1 aliphatic rings. The molecule has 1 saturated heterocycles. The molecule has 2 aromatic rings. The van der Waals surface area contributed by atoms with Crippen molar-refractivity contribution in [2.24, 2.45) is 5.92 Å². The second-order valence-electron chi connectivity index (χ2n) is 6.22. The second kappa shape index (κ2) is 7.56. The van der Waals surface area contributed by atoms with Gasteiger partial charge in [-0.3, -0.25) is 4.79 Å². The quantitative estimate of drug-likeness (QED) is 0.750. The first kappa shape index (κ1) is 19.2. The van der Waals surface area contributed by atoms with Crippen molar-refractivity contribution >= 4 is 44.6 Å². The highest BCUT2D eigenvalue weighted by molar-refractivity contribution is 7.91. The van der Waals surface area contributed by atoms with E-state index in [1.54, 1.807) is 12.1 Å². The number of hydrogen-bond donors (Lipinski definition) is 2. The minimum absolute atomic E-state index is 0.0860. The molecular formula is C17H19ClN2O4S2. The summed E-state index contributed by atoms with van der Waals surface area (Å²) in [7, 11) is -3.59. The van der Waals surface area contributed by atoms with Crippen molar-refractivity contribution in [3.8, 4) is 5.75 Å². The van der Waals surface area contributed by atoms with Gasteiger partial charge in [0.15, 0.2) is 0 Å². The molecule has 1 aromatic heterocycles. The summed E-state index contributed by atoms with van der Waals surface area (Å²) in [5, 5.41) is 12.9. The number of nitrogens with zero attached hydrogens (tertiary/aromatic N) is 1. The standard InChI is InChI=1S/C17H19ClN2O4S2/c1-11-4-7-16(25-11)26(23,24)20-8-2-3-12(10-20)17(22)19-14-9-13(18)5-6-15(14)21/h4-7,9,12,21H,2-3,8,10H2,1H3,(H,19,22). The summed E-state index contributed by atoms with van der Waals surface area (Å²) in [6.07, 6.45) is 1.19. The van der Waals surface area contributed by atoms with Gasteiger partial charge in [0.1, 0.15) is 9.96 Å². The molecule has 0 radical (unpaired) electrons. The Labute approximate surface area is 161 Å². The molecule has 26 heavy (non-hydrogen) atoms. The van der Waals surface area contributed by atoms with Crippen LogP contribution in [0.2, 0.25) is 5.02 Å². The Bertz CT molecular complexity index is 927. The molecule has 1 fully saturated rings. The molecule has 1 aliphatic heterocycles. The molecule has 0 aliphatic carbocycles. The van der Waals surface area contributed by atoms with E-state index >= 15 is 0 Å². The van der Waals surface area contributed by atoms with Crippen molar-refractivity contribution in [3.63, 3.8) is 0 Å². The number of aryl methyl sites for hydroxylation is 1. The zero-order chi connectivity index (χ0) is 18.9. The Kier molecular flexibility index (Phi) is 5.57. The fraction of sp³-hybridized carbons (Fsp3) is 0.353. The summed E-state index contributed by atoms with van der Waals surface area (Å²) >= 11 is 7.12. The number of halogens is 1. The minimum atomic E-state index is -3.59. The second-order valence-corrected chi connectivity index (χ2v) is 10.1. The van der Waals surface area contributed by atoms with Crippen LogP contribution in [0.1, 0.15) is 17.7 Å². The van der Waals surface area contributed by atoms with Gasteiger partial charge in [-0.1, -0.05) is 11.6 Å². The van der Waals surface area contributed by atoms with E-state index in [-0.39, 0.29) is 23.9 Å². The van der Waals surface area contributed by atoms with Crippen LogP contribution >= 0.6 is 22.9 Å². The number of hydrogen-bond acceptors (Lipinski definition) is 5. The number of phenols is 1. The van der Waals surface area contributed by atoms with Gasteiger partial charge in [-0.05, 0) is 50.1 Å². The van der Waals surface area contributed by atoms with Crippen LogP contribution in [0.4, 0.5) is 5.69 Å². The number of phenolic OH excluding ortho intramolecular Hbond substituents is 1. The van der Waals surface area contributed by atoms with Gasteiger partial charge in [0.05, 0.1) is 11.6 Å². The van der Waals surface area contributed by atoms with Gasteiger partial charge >= 0.3 is 0 Å². The van der Waals surface area contributed by atoms with E-state index in [9.17, 15) is 18.3 Å². The zero-order valence-corrected chi connectivity index (χ0v) is 16.5. The van der Waals surface area contributed by atoms with Crippen molar-refractivity contribution in [3.05, 3.63) is 40.2 Å². The molecule has 6 nitrogen and oxygen atoms in total. The third kappa shape index (κ3) is 4.03. The maximum Gasteiger partial charge on any atom is 0.252 e. The van der Waals surface area contributed by atoms with Crippen molar-refractivity contribution in [1.29, 1.82) is 0 Å². The van der Waals surface area contributed by atoms with E-state index in [0.717, 1.165) is 4.88 Å². The fourth-order valence-electron chi connectivity index (χ4n) is 2.90. The van der Waals surface area contributed by atoms with Gasteiger partial charge in [0.25, 0.3) is 10.0 Å². The Morgan fingerprint density at radius 3 is 2.81 bits per heavy atom. The van der Waals surface area contributed by atoms with Crippen LogP contribution in [0, 0.1) is 12.8 Å². The molecule has 9 heteroatoms. The molecule has 140 valence electrons. The highest BCUT2D eigenvalue weighted by Gasteiger charge is 2.34. The maximum atomic E-state index is 12.8. The Balaban J connectivity index is 1.74. The normalized spacial score (nSPS) is 18.6. The fourth-order valence-corrected chi connectivity index (χ4v) is 6.03. The molecule has 1 aromatic carbocycles. The number of carbonyl (C=O) groups is 1. The van der Waals surface area contributed by atoms with E-state index in [2.05, 4.69) is 5.32 Å². The largest absolute Gasteiger partial charge is 0.506 e. The van der Waals surface area contributed by atoms with Gasteiger partial charge < -0.3 is 10.4 Å². The molecule has 3 rings (SSSR count). The Hall–Kier alpha value is -1.61. The van der Waals surface area contributed by atoms with Crippen LogP contribution in [0.25, 0.3) is 0 Å². The molecule has 2 heterocycles. The summed E-state index contributed by atoms with van der Waals surface area (Å²) in [4.78, 5) is 13.5. The number of sulfonamides is 1. The average Bonchev–Trinajstić information content (AvgIpc) is 3.05. The van der Waals surface area contributed by atoms with Crippen LogP contribution in [-0.4, -0.2) is 36.8 Å². The first-order valence-corrected chi connectivity index (χ1v) is 10.8. The van der Waals surface area contributed by atoms with Gasteiger partial charge in [-0.15, -0.1) is 11.3 Å². The smallest absolute Gasteiger partial charge is 0.252 e. The lowest BCUT2D eigenvalue weighted by atomic mass is 9.98. The predicted molar refractivity (Wildman–Crippen MR) is 102 cm³/mol. The van der Waals surface area contributed by atoms with Crippen molar-refractivity contribution < 1.29 is 18.3 Å². The van der Waals surface area contributed by atoms with Gasteiger partial charge in [0, 0.05) is 23.0 Å². The van der Waals surface area contributed by atoms with E-state index in [4.69, 9.17) is 11.6 Å². The van der Waals surface area contributed by atoms with Crippen molar-refractivity contribution in [2.45, 2.75) is 24.0 Å². The first-order valence-electron chi connectivity index (χ1n) is 8.13. The van der Waals surface area contributed by atoms with Crippen LogP contribution < -0.4 is 5.32 Å². The molecule has 0 saturated carbocycles. The van der Waals surface area contributed by atoms with Gasteiger partial charge in [-0.2, -0.15) is 4.31 Å². The number of carbonyl (C=O) groups excluding carboxylic acids is 1. The van der Waals surface area contributed by atoms with Gasteiger partial charge in [0.2, 0.25) is 5.91 Å². The van der Waals surface area contributed by atoms with Crippen molar-refractivity contribution in [2.75, 3.05) is 18.4 Å². The third-order valence-electron chi connectivity index (χ3n) is 4.28. The third-order valence-corrected chi connectivity index (χ3v) is 7.85. The van der Waals surface area contributed by atoms with E-state index in [1.165, 1.54) is 33.8 Å². The summed E-state index contributed by atoms with van der Waals surface area (Å²) in [6, 6.07) is 7.75. The Morgan fingerprint density at radius 1 is 1.35 bits per heavy atom. The molecule has 2 N–H and O–H groups in total. The average molecular weight is 415 g/mol. The molecule has 1 amide bonds. The lowest BCUT2D eigenvalue weighted by molar-refractivity contribution is -0.120. The Morgan fingerprint density at radius 2 is 2.12 bits per heavy atom. The lowest BCUT2D eigenvalue weighted by Crippen LogP contribution is -2.43. The monoisotopic (exact) mass is 414 g/mol. The number of thiophene rings is 1. The summed E-state index contributed by atoms with van der Waals surface area (Å²) in [5.74, 6) is -0.903. The molecule has 0 bridgehead atoms. The number of amides is 1. The number of aromatic hydroxyl groups is 1. The molecule has 1 atom stereocenters. The summed E-state index contributed by atoms with van der Waals surface area (Å²) in [5.41, 5.74) is 0.219. The minimum Gasteiger partial charge on any atom is -0.506 e. The van der Waals surface area contributed by atoms with Crippen LogP contribution in [0.5, 0.6) is 5.75 Å². The van der Waals surface area contributed by atoms with Crippen LogP contribution in [-0.2, 0) is 14.8 Å². The maximum absolute atomic E-state index is 12.8. The topological polar surface area (TPSA) is 86.7 Å². The predicted octanol–water partition coefficient (Wildman–Crippen LogP) is 3.45. The lowest BCUT2D eigenvalue weighted by Gasteiger charge is -2.30. The van der Waals surface area contributed by atoms with Gasteiger partial charge in [-0.25, -0.2) is 8.42 Å². The highest BCUT2D eigenvalue weighted by Crippen LogP contribution is 2.30. The number of benzene rings is 1. The molecule has 1 unspecified atom stereocenters.